The number of nitrogens with one attached hydrogen (secondary N) is 1. The molecule has 0 amide bonds. The summed E-state index contributed by atoms with van der Waals surface area (Å²) in [6.45, 7) is 4.52. The Hall–Kier alpha value is -0.540. The molecule has 5 nitrogen and oxygen atoms in total. The molecule has 1 aromatic carbocycles. The molecule has 0 spiro atoms. The summed E-state index contributed by atoms with van der Waals surface area (Å²) in [6, 6.07) is 6.27. The number of hydrogen-bond acceptors (Lipinski definition) is 3. The van der Waals surface area contributed by atoms with Crippen molar-refractivity contribution in [1.29, 1.82) is 0 Å². The molecule has 0 aliphatic carbocycles. The number of piperidine rings is 1. The molecular weight excluding hydrogens is 461 g/mol. The molecule has 1 aliphatic heterocycles. The first-order valence-corrected chi connectivity index (χ1v) is 9.89. The van der Waals surface area contributed by atoms with Crippen molar-refractivity contribution in [2.24, 2.45) is 10.9 Å². The molecule has 0 bridgehead atoms. The first-order chi connectivity index (χ1) is 10.9. The molecule has 0 unspecified atom stereocenters. The van der Waals surface area contributed by atoms with Crippen molar-refractivity contribution in [3.63, 3.8) is 0 Å². The predicted molar refractivity (Wildman–Crippen MR) is 110 cm³/mol. The van der Waals surface area contributed by atoms with Crippen molar-refractivity contribution in [2.75, 3.05) is 32.4 Å². The largest absolute Gasteiger partial charge is 0.355 e. The molecule has 1 N–H and O–H groups in total. The number of sulfone groups is 1. The summed E-state index contributed by atoms with van der Waals surface area (Å²) in [5.41, 5.74) is 0. The van der Waals surface area contributed by atoms with E-state index in [0.717, 1.165) is 37.8 Å². The average Bonchev–Trinajstić information content (AvgIpc) is 2.53. The molecule has 0 atom stereocenters. The molecule has 1 aliphatic rings. The van der Waals surface area contributed by atoms with Crippen LogP contribution in [0.2, 0.25) is 5.02 Å². The van der Waals surface area contributed by atoms with Gasteiger partial charge in [0.15, 0.2) is 15.8 Å². The summed E-state index contributed by atoms with van der Waals surface area (Å²) in [5, 5.41) is 3.69. The van der Waals surface area contributed by atoms with Gasteiger partial charge in [-0.05, 0) is 43.0 Å². The van der Waals surface area contributed by atoms with E-state index < -0.39 is 9.84 Å². The number of hydrogen-bond donors (Lipinski definition) is 1. The molecule has 24 heavy (non-hydrogen) atoms. The smallest absolute Gasteiger partial charge is 0.193 e. The minimum atomic E-state index is -3.32. The topological polar surface area (TPSA) is 61.8 Å². The van der Waals surface area contributed by atoms with Crippen LogP contribution in [0.1, 0.15) is 19.8 Å². The molecule has 136 valence electrons. The van der Waals surface area contributed by atoms with E-state index in [2.05, 4.69) is 22.1 Å². The van der Waals surface area contributed by atoms with Crippen molar-refractivity contribution in [2.45, 2.75) is 24.7 Å². The van der Waals surface area contributed by atoms with Gasteiger partial charge >= 0.3 is 0 Å². The average molecular weight is 486 g/mol. The van der Waals surface area contributed by atoms with Crippen LogP contribution in [0.5, 0.6) is 0 Å². The van der Waals surface area contributed by atoms with Crippen molar-refractivity contribution in [3.8, 4) is 0 Å². The number of aliphatic imine (C=N–C) groups is 1. The van der Waals surface area contributed by atoms with Crippen molar-refractivity contribution < 1.29 is 8.42 Å². The second-order valence-corrected chi connectivity index (χ2v) is 8.46. The van der Waals surface area contributed by atoms with E-state index in [1.807, 2.05) is 0 Å². The van der Waals surface area contributed by atoms with Crippen LogP contribution >= 0.6 is 35.6 Å². The predicted octanol–water partition coefficient (Wildman–Crippen LogP) is 3.04. The lowest BCUT2D eigenvalue weighted by Gasteiger charge is -2.32. The molecule has 1 aromatic rings. The zero-order chi connectivity index (χ0) is 16.9. The highest BCUT2D eigenvalue weighted by Crippen LogP contribution is 2.16. The van der Waals surface area contributed by atoms with E-state index >= 15 is 0 Å². The van der Waals surface area contributed by atoms with Gasteiger partial charge in [0, 0.05) is 31.7 Å². The normalized spacial score (nSPS) is 16.6. The Balaban J connectivity index is 0.00000288. The van der Waals surface area contributed by atoms with Gasteiger partial charge in [-0.2, -0.15) is 0 Å². The monoisotopic (exact) mass is 485 g/mol. The minimum absolute atomic E-state index is 0. The molecule has 1 fully saturated rings. The van der Waals surface area contributed by atoms with Crippen LogP contribution in [0, 0.1) is 5.92 Å². The number of likely N-dealkylation sites (tertiary alicyclic amines) is 1. The van der Waals surface area contributed by atoms with Crippen LogP contribution in [0.25, 0.3) is 0 Å². The number of rotatable bonds is 4. The fraction of sp³-hybridized carbons (Fsp3) is 0.562. The summed E-state index contributed by atoms with van der Waals surface area (Å²) in [6.07, 6.45) is 2.29. The molecule has 1 heterocycles. The number of benzene rings is 1. The van der Waals surface area contributed by atoms with Crippen molar-refractivity contribution >= 4 is 51.4 Å². The van der Waals surface area contributed by atoms with E-state index in [0.29, 0.717) is 16.5 Å². The summed E-state index contributed by atoms with van der Waals surface area (Å²) in [4.78, 5) is 6.75. The van der Waals surface area contributed by atoms with E-state index in [9.17, 15) is 8.42 Å². The molecule has 1 saturated heterocycles. The molecule has 0 aromatic heterocycles. The summed E-state index contributed by atoms with van der Waals surface area (Å²) < 4.78 is 24.6. The molecule has 0 saturated carbocycles. The van der Waals surface area contributed by atoms with Crippen LogP contribution in [-0.2, 0) is 9.84 Å². The van der Waals surface area contributed by atoms with Gasteiger partial charge in [-0.25, -0.2) is 8.42 Å². The van der Waals surface area contributed by atoms with Crippen LogP contribution in [0.15, 0.2) is 34.2 Å². The Kier molecular flexibility index (Phi) is 8.80. The van der Waals surface area contributed by atoms with Gasteiger partial charge in [-0.1, -0.05) is 18.5 Å². The van der Waals surface area contributed by atoms with Gasteiger partial charge in [0.1, 0.15) is 0 Å². The van der Waals surface area contributed by atoms with E-state index in [1.165, 1.54) is 0 Å². The summed E-state index contributed by atoms with van der Waals surface area (Å²) in [5.74, 6) is 1.55. The highest BCUT2D eigenvalue weighted by molar-refractivity contribution is 14.0. The van der Waals surface area contributed by atoms with Gasteiger partial charge in [0.25, 0.3) is 0 Å². The van der Waals surface area contributed by atoms with Crippen LogP contribution in [0.4, 0.5) is 0 Å². The maximum atomic E-state index is 12.3. The summed E-state index contributed by atoms with van der Waals surface area (Å²) in [7, 11) is -1.58. The number of guanidine groups is 1. The third-order valence-electron chi connectivity index (χ3n) is 4.12. The maximum Gasteiger partial charge on any atom is 0.193 e. The maximum absolute atomic E-state index is 12.3. The second-order valence-electron chi connectivity index (χ2n) is 5.92. The number of halogens is 2. The highest BCUT2D eigenvalue weighted by Gasteiger charge is 2.19. The lowest BCUT2D eigenvalue weighted by molar-refractivity contribution is 0.274. The van der Waals surface area contributed by atoms with Crippen LogP contribution in [-0.4, -0.2) is 51.7 Å². The second kappa shape index (κ2) is 9.82. The third kappa shape index (κ3) is 6.07. The van der Waals surface area contributed by atoms with Gasteiger partial charge in [-0.3, -0.25) is 4.99 Å². The first kappa shape index (κ1) is 21.5. The Bertz CT molecular complexity index is 642. The standard InChI is InChI=1S/C16H24ClN3O2S.HI/c1-13-7-10-20(11-8-13)16(18-2)19-9-12-23(21,22)15-5-3-14(17)4-6-15;/h3-6,13H,7-12H2,1-2H3,(H,18,19);1H. The number of nitrogens with zero attached hydrogens (tertiary/aromatic N) is 2. The van der Waals surface area contributed by atoms with Gasteiger partial charge in [0.2, 0.25) is 0 Å². The molecule has 2 rings (SSSR count). The zero-order valence-electron chi connectivity index (χ0n) is 14.0. The lowest BCUT2D eigenvalue weighted by Crippen LogP contribution is -2.46. The SMILES string of the molecule is CN=C(NCCS(=O)(=O)c1ccc(Cl)cc1)N1CCC(C)CC1.I. The Labute approximate surface area is 166 Å². The molecule has 0 radical (unpaired) electrons. The molecule has 8 heteroatoms. The van der Waals surface area contributed by atoms with Crippen molar-refractivity contribution in [3.05, 3.63) is 29.3 Å². The highest BCUT2D eigenvalue weighted by atomic mass is 127. The van der Waals surface area contributed by atoms with E-state index in [1.54, 1.807) is 31.3 Å². The van der Waals surface area contributed by atoms with Gasteiger partial charge in [0.05, 0.1) is 10.6 Å². The summed E-state index contributed by atoms with van der Waals surface area (Å²) >= 11 is 5.79. The zero-order valence-corrected chi connectivity index (χ0v) is 17.9. The fourth-order valence-electron chi connectivity index (χ4n) is 2.61. The Morgan fingerprint density at radius 2 is 1.88 bits per heavy atom. The van der Waals surface area contributed by atoms with Crippen molar-refractivity contribution in [1.82, 2.24) is 10.2 Å². The molecular formula is C16H25ClIN3O2S. The first-order valence-electron chi connectivity index (χ1n) is 7.86. The third-order valence-corrected chi connectivity index (χ3v) is 6.11. The Morgan fingerprint density at radius 3 is 2.42 bits per heavy atom. The van der Waals surface area contributed by atoms with E-state index in [-0.39, 0.29) is 29.7 Å². The van der Waals surface area contributed by atoms with E-state index in [4.69, 9.17) is 11.6 Å². The van der Waals surface area contributed by atoms with Gasteiger partial charge < -0.3 is 10.2 Å². The lowest BCUT2D eigenvalue weighted by atomic mass is 10.00. The Morgan fingerprint density at radius 1 is 1.29 bits per heavy atom. The van der Waals surface area contributed by atoms with Crippen LogP contribution in [0.3, 0.4) is 0 Å². The quantitative estimate of drug-likeness (QED) is 0.405. The fourth-order valence-corrected chi connectivity index (χ4v) is 3.89. The minimum Gasteiger partial charge on any atom is -0.355 e. The van der Waals surface area contributed by atoms with Crippen LogP contribution < -0.4 is 5.32 Å². The van der Waals surface area contributed by atoms with Gasteiger partial charge in [-0.15, -0.1) is 24.0 Å².